The monoisotopic (exact) mass is 295 g/mol. The Morgan fingerprint density at radius 1 is 1.36 bits per heavy atom. The van der Waals surface area contributed by atoms with Crippen LogP contribution in [-0.4, -0.2) is 5.91 Å². The van der Waals surface area contributed by atoms with Crippen LogP contribution in [0.25, 0.3) is 0 Å². The fourth-order valence-electron chi connectivity index (χ4n) is 1.95. The largest absolute Gasteiger partial charge is 0.467 e. The van der Waals surface area contributed by atoms with Gasteiger partial charge < -0.3 is 15.1 Å². The molecule has 0 fully saturated rings. The number of nitriles is 1. The standard InChI is InChI=1S/C17H17N3O2/c1-12-5-6-16(13(2)8-12)19-10-14(9-18)17(21)20-11-15-4-3-7-22-15/h3-8,10,19H,11H2,1-2H3,(H,20,21)/b14-10-. The number of aryl methyl sites for hydroxylation is 2. The van der Waals surface area contributed by atoms with Crippen LogP contribution in [0.5, 0.6) is 0 Å². The fourth-order valence-corrected chi connectivity index (χ4v) is 1.95. The van der Waals surface area contributed by atoms with Crippen molar-refractivity contribution in [3.63, 3.8) is 0 Å². The minimum Gasteiger partial charge on any atom is -0.467 e. The van der Waals surface area contributed by atoms with E-state index in [4.69, 9.17) is 9.68 Å². The summed E-state index contributed by atoms with van der Waals surface area (Å²) in [6, 6.07) is 11.3. The lowest BCUT2D eigenvalue weighted by Gasteiger charge is -2.07. The maximum atomic E-state index is 11.9. The molecule has 1 amide bonds. The molecule has 0 unspecified atom stereocenters. The second-order valence-electron chi connectivity index (χ2n) is 4.89. The number of furan rings is 1. The Bertz CT molecular complexity index is 725. The lowest BCUT2D eigenvalue weighted by atomic mass is 10.1. The minimum absolute atomic E-state index is 0.00605. The number of rotatable bonds is 5. The van der Waals surface area contributed by atoms with E-state index in [1.54, 1.807) is 12.1 Å². The van der Waals surface area contributed by atoms with E-state index in [1.165, 1.54) is 12.5 Å². The van der Waals surface area contributed by atoms with Crippen LogP contribution in [0, 0.1) is 25.2 Å². The van der Waals surface area contributed by atoms with Crippen LogP contribution in [0.1, 0.15) is 16.9 Å². The Labute approximate surface area is 129 Å². The van der Waals surface area contributed by atoms with Crippen LogP contribution in [0.15, 0.2) is 52.8 Å². The molecule has 0 aliphatic carbocycles. The highest BCUT2D eigenvalue weighted by Crippen LogP contribution is 2.16. The van der Waals surface area contributed by atoms with E-state index in [0.29, 0.717) is 5.76 Å². The maximum absolute atomic E-state index is 11.9. The number of hydrogen-bond acceptors (Lipinski definition) is 4. The molecule has 0 radical (unpaired) electrons. The van der Waals surface area contributed by atoms with Crippen molar-refractivity contribution in [1.82, 2.24) is 5.32 Å². The molecule has 0 spiro atoms. The van der Waals surface area contributed by atoms with E-state index in [-0.39, 0.29) is 12.1 Å². The molecule has 5 heteroatoms. The van der Waals surface area contributed by atoms with Gasteiger partial charge >= 0.3 is 0 Å². The van der Waals surface area contributed by atoms with Gasteiger partial charge in [-0.15, -0.1) is 0 Å². The van der Waals surface area contributed by atoms with Gasteiger partial charge in [0.2, 0.25) is 0 Å². The van der Waals surface area contributed by atoms with Gasteiger partial charge in [0.05, 0.1) is 12.8 Å². The van der Waals surface area contributed by atoms with E-state index in [0.717, 1.165) is 16.8 Å². The highest BCUT2D eigenvalue weighted by atomic mass is 16.3. The first-order chi connectivity index (χ1) is 10.6. The van der Waals surface area contributed by atoms with Gasteiger partial charge in [0.15, 0.2) is 0 Å². The minimum atomic E-state index is -0.448. The van der Waals surface area contributed by atoms with Crippen molar-refractivity contribution < 1.29 is 9.21 Å². The molecule has 0 saturated carbocycles. The van der Waals surface area contributed by atoms with Gasteiger partial charge in [0.1, 0.15) is 17.4 Å². The van der Waals surface area contributed by atoms with Gasteiger partial charge in [0.25, 0.3) is 5.91 Å². The topological polar surface area (TPSA) is 78.1 Å². The molecule has 2 N–H and O–H groups in total. The van der Waals surface area contributed by atoms with Gasteiger partial charge in [-0.2, -0.15) is 5.26 Å². The summed E-state index contributed by atoms with van der Waals surface area (Å²) in [7, 11) is 0. The highest BCUT2D eigenvalue weighted by Gasteiger charge is 2.09. The van der Waals surface area contributed by atoms with E-state index in [1.807, 2.05) is 38.1 Å². The predicted molar refractivity (Wildman–Crippen MR) is 83.8 cm³/mol. The summed E-state index contributed by atoms with van der Waals surface area (Å²) in [5, 5.41) is 14.7. The van der Waals surface area contributed by atoms with Crippen LogP contribution >= 0.6 is 0 Å². The summed E-state index contributed by atoms with van der Waals surface area (Å²) in [4.78, 5) is 11.9. The van der Waals surface area contributed by atoms with Crippen LogP contribution in [0.4, 0.5) is 5.69 Å². The van der Waals surface area contributed by atoms with Gasteiger partial charge in [0, 0.05) is 11.9 Å². The third-order valence-corrected chi connectivity index (χ3v) is 3.12. The summed E-state index contributed by atoms with van der Waals surface area (Å²) in [5.74, 6) is 0.184. The molecule has 2 aromatic rings. The smallest absolute Gasteiger partial charge is 0.263 e. The van der Waals surface area contributed by atoms with Gasteiger partial charge in [-0.25, -0.2) is 0 Å². The van der Waals surface area contributed by atoms with E-state index < -0.39 is 5.91 Å². The van der Waals surface area contributed by atoms with Crippen LogP contribution < -0.4 is 10.6 Å². The summed E-state index contributed by atoms with van der Waals surface area (Å²) in [5.41, 5.74) is 3.07. The Hall–Kier alpha value is -3.00. The molecule has 1 aromatic heterocycles. The SMILES string of the molecule is Cc1ccc(N/C=C(/C#N)C(=O)NCc2ccco2)c(C)c1. The number of benzene rings is 1. The number of carbonyl (C=O) groups excluding carboxylic acids is 1. The first-order valence-electron chi connectivity index (χ1n) is 6.85. The number of carbonyl (C=O) groups is 1. The number of anilines is 1. The van der Waals surface area contributed by atoms with E-state index >= 15 is 0 Å². The van der Waals surface area contributed by atoms with Crippen LogP contribution in [0.3, 0.4) is 0 Å². The zero-order chi connectivity index (χ0) is 15.9. The van der Waals surface area contributed by atoms with Gasteiger partial charge in [-0.05, 0) is 37.6 Å². The van der Waals surface area contributed by atoms with Gasteiger partial charge in [-0.1, -0.05) is 17.7 Å². The zero-order valence-electron chi connectivity index (χ0n) is 12.5. The molecule has 1 aromatic carbocycles. The molecule has 0 bridgehead atoms. The maximum Gasteiger partial charge on any atom is 0.263 e. The highest BCUT2D eigenvalue weighted by molar-refractivity contribution is 5.97. The quantitative estimate of drug-likeness (QED) is 0.656. The second-order valence-corrected chi connectivity index (χ2v) is 4.89. The van der Waals surface area contributed by atoms with Crippen LogP contribution in [-0.2, 0) is 11.3 Å². The third-order valence-electron chi connectivity index (χ3n) is 3.12. The number of nitrogens with one attached hydrogen (secondary N) is 2. The Kier molecular flexibility index (Phi) is 4.99. The molecular weight excluding hydrogens is 278 g/mol. The van der Waals surface area contributed by atoms with Crippen molar-refractivity contribution in [3.8, 4) is 6.07 Å². The lowest BCUT2D eigenvalue weighted by molar-refractivity contribution is -0.117. The average molecular weight is 295 g/mol. The zero-order valence-corrected chi connectivity index (χ0v) is 12.5. The van der Waals surface area contributed by atoms with Crippen molar-refractivity contribution >= 4 is 11.6 Å². The number of nitrogens with zero attached hydrogens (tertiary/aromatic N) is 1. The summed E-state index contributed by atoms with van der Waals surface area (Å²) in [6.07, 6.45) is 2.94. The third kappa shape index (κ3) is 4.00. The first kappa shape index (κ1) is 15.4. The first-order valence-corrected chi connectivity index (χ1v) is 6.85. The molecule has 112 valence electrons. The van der Waals surface area contributed by atoms with Crippen molar-refractivity contribution in [2.75, 3.05) is 5.32 Å². The number of hydrogen-bond donors (Lipinski definition) is 2. The molecule has 0 atom stereocenters. The molecular formula is C17H17N3O2. The molecule has 2 rings (SSSR count). The van der Waals surface area contributed by atoms with Crippen molar-refractivity contribution in [2.24, 2.45) is 0 Å². The molecule has 0 aliphatic heterocycles. The van der Waals surface area contributed by atoms with Crippen molar-refractivity contribution in [3.05, 3.63) is 65.3 Å². The lowest BCUT2D eigenvalue weighted by Crippen LogP contribution is -2.24. The second kappa shape index (κ2) is 7.14. The Balaban J connectivity index is 2.00. The normalized spacial score (nSPS) is 10.9. The van der Waals surface area contributed by atoms with Crippen LogP contribution in [0.2, 0.25) is 0 Å². The predicted octanol–water partition coefficient (Wildman–Crippen LogP) is 3.03. The summed E-state index contributed by atoms with van der Waals surface area (Å²) < 4.78 is 5.12. The Morgan fingerprint density at radius 2 is 2.18 bits per heavy atom. The molecule has 5 nitrogen and oxygen atoms in total. The van der Waals surface area contributed by atoms with Gasteiger partial charge in [-0.3, -0.25) is 4.79 Å². The van der Waals surface area contributed by atoms with E-state index in [2.05, 4.69) is 10.6 Å². The number of amides is 1. The summed E-state index contributed by atoms with van der Waals surface area (Å²) in [6.45, 7) is 4.22. The Morgan fingerprint density at radius 3 is 2.82 bits per heavy atom. The molecule has 22 heavy (non-hydrogen) atoms. The van der Waals surface area contributed by atoms with E-state index in [9.17, 15) is 4.79 Å². The fraction of sp³-hybridized carbons (Fsp3) is 0.176. The molecule has 1 heterocycles. The van der Waals surface area contributed by atoms with Crippen molar-refractivity contribution in [1.29, 1.82) is 5.26 Å². The molecule has 0 saturated heterocycles. The average Bonchev–Trinajstić information content (AvgIpc) is 3.01. The molecule has 0 aliphatic rings. The summed E-state index contributed by atoms with van der Waals surface area (Å²) >= 11 is 0. The van der Waals surface area contributed by atoms with Crippen molar-refractivity contribution in [2.45, 2.75) is 20.4 Å².